The first-order chi connectivity index (χ1) is 9.27. The molecule has 0 aliphatic carbocycles. The Hall–Kier alpha value is -0.440. The third kappa shape index (κ3) is 7.05. The van der Waals surface area contributed by atoms with Gasteiger partial charge in [0, 0.05) is 16.7 Å². The summed E-state index contributed by atoms with van der Waals surface area (Å²) in [5, 5.41) is 4.47. The van der Waals surface area contributed by atoms with Crippen LogP contribution in [-0.4, -0.2) is 18.3 Å². The van der Waals surface area contributed by atoms with Gasteiger partial charge in [0.25, 0.3) is 0 Å². The lowest BCUT2D eigenvalue weighted by atomic mass is 10.1. The number of allylic oxidation sites excluding steroid dienone is 1. The topological polar surface area (TPSA) is 12.0 Å². The van der Waals surface area contributed by atoms with Gasteiger partial charge in [0.2, 0.25) is 0 Å². The minimum absolute atomic E-state index is 0.557. The van der Waals surface area contributed by atoms with Crippen molar-refractivity contribution in [2.75, 3.05) is 12.3 Å². The SMILES string of the molecule is C=CCCCC(CSc1ccccc1Cl)NCCC. The summed E-state index contributed by atoms with van der Waals surface area (Å²) in [7, 11) is 0. The standard InChI is InChI=1S/C16H24ClNS/c1-3-5-6-9-14(18-12-4-2)13-19-16-11-8-7-10-15(16)17/h3,7-8,10-11,14,18H,1,4-6,9,12-13H2,2H3. The van der Waals surface area contributed by atoms with E-state index in [0.29, 0.717) is 6.04 Å². The fourth-order valence-electron chi connectivity index (χ4n) is 1.85. The van der Waals surface area contributed by atoms with E-state index in [2.05, 4.69) is 24.9 Å². The first-order valence-corrected chi connectivity index (χ1v) is 8.36. The number of thioether (sulfide) groups is 1. The molecule has 0 fully saturated rings. The van der Waals surface area contributed by atoms with Gasteiger partial charge in [0.05, 0.1) is 5.02 Å². The summed E-state index contributed by atoms with van der Waals surface area (Å²) in [6.07, 6.45) is 6.67. The third-order valence-electron chi connectivity index (χ3n) is 2.92. The van der Waals surface area contributed by atoms with E-state index < -0.39 is 0 Å². The van der Waals surface area contributed by atoms with Crippen molar-refractivity contribution < 1.29 is 0 Å². The van der Waals surface area contributed by atoms with Crippen LogP contribution in [0.2, 0.25) is 5.02 Å². The molecule has 0 saturated carbocycles. The molecule has 0 aliphatic heterocycles. The van der Waals surface area contributed by atoms with Crippen LogP contribution in [-0.2, 0) is 0 Å². The number of rotatable bonds is 10. The Morgan fingerprint density at radius 2 is 2.21 bits per heavy atom. The van der Waals surface area contributed by atoms with Crippen molar-refractivity contribution in [3.63, 3.8) is 0 Å². The van der Waals surface area contributed by atoms with E-state index in [-0.39, 0.29) is 0 Å². The van der Waals surface area contributed by atoms with E-state index in [4.69, 9.17) is 11.6 Å². The Balaban J connectivity index is 2.42. The Kier molecular flexibility index (Phi) is 9.06. The lowest BCUT2D eigenvalue weighted by molar-refractivity contribution is 0.506. The van der Waals surface area contributed by atoms with Crippen molar-refractivity contribution in [1.29, 1.82) is 0 Å². The number of benzene rings is 1. The second-order valence-electron chi connectivity index (χ2n) is 4.61. The highest BCUT2D eigenvalue weighted by Gasteiger charge is 2.09. The molecule has 0 aromatic heterocycles. The van der Waals surface area contributed by atoms with Gasteiger partial charge in [-0.3, -0.25) is 0 Å². The fraction of sp³-hybridized carbons (Fsp3) is 0.500. The molecule has 1 atom stereocenters. The lowest BCUT2D eigenvalue weighted by Gasteiger charge is -2.18. The summed E-state index contributed by atoms with van der Waals surface area (Å²) in [5.41, 5.74) is 0. The molecule has 0 aliphatic rings. The second kappa shape index (κ2) is 10.4. The molecule has 0 spiro atoms. The van der Waals surface area contributed by atoms with E-state index in [0.717, 1.165) is 23.7 Å². The molecular formula is C16H24ClNS. The lowest BCUT2D eigenvalue weighted by Crippen LogP contribution is -2.31. The van der Waals surface area contributed by atoms with E-state index in [1.807, 2.05) is 36.0 Å². The first-order valence-electron chi connectivity index (χ1n) is 6.99. The highest BCUT2D eigenvalue weighted by molar-refractivity contribution is 7.99. The molecular weight excluding hydrogens is 274 g/mol. The van der Waals surface area contributed by atoms with Gasteiger partial charge in [0.1, 0.15) is 0 Å². The predicted octanol–water partition coefficient (Wildman–Crippen LogP) is 5.16. The predicted molar refractivity (Wildman–Crippen MR) is 88.3 cm³/mol. The minimum Gasteiger partial charge on any atom is -0.313 e. The molecule has 0 radical (unpaired) electrons. The van der Waals surface area contributed by atoms with Gasteiger partial charge in [-0.15, -0.1) is 18.3 Å². The molecule has 106 valence electrons. The number of halogens is 1. The van der Waals surface area contributed by atoms with Gasteiger partial charge >= 0.3 is 0 Å². The zero-order chi connectivity index (χ0) is 13.9. The van der Waals surface area contributed by atoms with Crippen LogP contribution in [0.15, 0.2) is 41.8 Å². The highest BCUT2D eigenvalue weighted by Crippen LogP contribution is 2.27. The van der Waals surface area contributed by atoms with Crippen molar-refractivity contribution in [3.05, 3.63) is 41.9 Å². The molecule has 1 aromatic carbocycles. The smallest absolute Gasteiger partial charge is 0.0541 e. The van der Waals surface area contributed by atoms with Gasteiger partial charge < -0.3 is 5.32 Å². The van der Waals surface area contributed by atoms with Crippen molar-refractivity contribution in [2.24, 2.45) is 0 Å². The summed E-state index contributed by atoms with van der Waals surface area (Å²) >= 11 is 8.03. The van der Waals surface area contributed by atoms with Crippen LogP contribution in [0.1, 0.15) is 32.6 Å². The maximum Gasteiger partial charge on any atom is 0.0541 e. The summed E-state index contributed by atoms with van der Waals surface area (Å²) in [4.78, 5) is 1.18. The highest BCUT2D eigenvalue weighted by atomic mass is 35.5. The summed E-state index contributed by atoms with van der Waals surface area (Å²) in [5.74, 6) is 1.07. The molecule has 1 rings (SSSR count). The van der Waals surface area contributed by atoms with Crippen LogP contribution < -0.4 is 5.32 Å². The quantitative estimate of drug-likeness (QED) is 0.364. The largest absolute Gasteiger partial charge is 0.313 e. The van der Waals surface area contributed by atoms with Crippen molar-refractivity contribution in [1.82, 2.24) is 5.32 Å². The Morgan fingerprint density at radius 1 is 1.42 bits per heavy atom. The normalized spacial score (nSPS) is 12.3. The Bertz CT molecular complexity index is 368. The van der Waals surface area contributed by atoms with Gasteiger partial charge in [-0.25, -0.2) is 0 Å². The van der Waals surface area contributed by atoms with E-state index in [1.54, 1.807) is 0 Å². The summed E-state index contributed by atoms with van der Waals surface area (Å²) in [6.45, 7) is 7.07. The summed E-state index contributed by atoms with van der Waals surface area (Å²) in [6, 6.07) is 8.62. The van der Waals surface area contributed by atoms with Crippen molar-refractivity contribution in [3.8, 4) is 0 Å². The van der Waals surface area contributed by atoms with Gasteiger partial charge in [-0.1, -0.05) is 36.7 Å². The number of hydrogen-bond donors (Lipinski definition) is 1. The minimum atomic E-state index is 0.557. The van der Waals surface area contributed by atoms with Gasteiger partial charge in [-0.05, 0) is 44.4 Å². The molecule has 1 unspecified atom stereocenters. The molecule has 0 bridgehead atoms. The molecule has 0 amide bonds. The maximum absolute atomic E-state index is 6.18. The van der Waals surface area contributed by atoms with E-state index >= 15 is 0 Å². The zero-order valence-corrected chi connectivity index (χ0v) is 13.3. The first kappa shape index (κ1) is 16.6. The van der Waals surface area contributed by atoms with Crippen molar-refractivity contribution in [2.45, 2.75) is 43.5 Å². The monoisotopic (exact) mass is 297 g/mol. The third-order valence-corrected chi connectivity index (χ3v) is 4.60. The zero-order valence-electron chi connectivity index (χ0n) is 11.7. The molecule has 19 heavy (non-hydrogen) atoms. The van der Waals surface area contributed by atoms with Crippen LogP contribution in [0.25, 0.3) is 0 Å². The van der Waals surface area contributed by atoms with Crippen LogP contribution in [0.4, 0.5) is 0 Å². The molecule has 0 saturated heterocycles. The van der Waals surface area contributed by atoms with Gasteiger partial charge in [0.15, 0.2) is 0 Å². The maximum atomic E-state index is 6.18. The molecule has 1 N–H and O–H groups in total. The fourth-order valence-corrected chi connectivity index (χ4v) is 3.20. The number of hydrogen-bond acceptors (Lipinski definition) is 2. The molecule has 3 heteroatoms. The van der Waals surface area contributed by atoms with E-state index in [9.17, 15) is 0 Å². The van der Waals surface area contributed by atoms with Crippen LogP contribution in [0.3, 0.4) is 0 Å². The molecule has 1 nitrogen and oxygen atoms in total. The number of nitrogens with one attached hydrogen (secondary N) is 1. The second-order valence-corrected chi connectivity index (χ2v) is 6.08. The van der Waals surface area contributed by atoms with Crippen LogP contribution >= 0.6 is 23.4 Å². The average molecular weight is 298 g/mol. The average Bonchev–Trinajstić information content (AvgIpc) is 2.43. The number of unbranched alkanes of at least 4 members (excludes halogenated alkanes) is 1. The van der Waals surface area contributed by atoms with Gasteiger partial charge in [-0.2, -0.15) is 0 Å². The van der Waals surface area contributed by atoms with E-state index in [1.165, 1.54) is 24.2 Å². The molecule has 1 aromatic rings. The summed E-state index contributed by atoms with van der Waals surface area (Å²) < 4.78 is 0. The Labute approximate surface area is 126 Å². The Morgan fingerprint density at radius 3 is 2.89 bits per heavy atom. The molecule has 0 heterocycles. The van der Waals surface area contributed by atoms with Crippen molar-refractivity contribution >= 4 is 23.4 Å². The van der Waals surface area contributed by atoms with Crippen LogP contribution in [0, 0.1) is 0 Å². The van der Waals surface area contributed by atoms with Crippen LogP contribution in [0.5, 0.6) is 0 Å².